The highest BCUT2D eigenvalue weighted by Crippen LogP contribution is 2.28. The van der Waals surface area contributed by atoms with Gasteiger partial charge in [0, 0.05) is 17.8 Å². The van der Waals surface area contributed by atoms with Gasteiger partial charge in [-0.15, -0.1) is 0 Å². The summed E-state index contributed by atoms with van der Waals surface area (Å²) in [6.45, 7) is 0. The maximum absolute atomic E-state index is 12.1. The maximum atomic E-state index is 12.1. The summed E-state index contributed by atoms with van der Waals surface area (Å²) < 4.78 is 0. The molecule has 0 bridgehead atoms. The van der Waals surface area contributed by atoms with Crippen LogP contribution in [0.2, 0.25) is 0 Å². The zero-order chi connectivity index (χ0) is 19.4. The van der Waals surface area contributed by atoms with Gasteiger partial charge in [-0.1, -0.05) is 18.2 Å². The number of nitro groups is 1. The Balaban J connectivity index is 1.81. The second kappa shape index (κ2) is 7.79. The van der Waals surface area contributed by atoms with Crippen LogP contribution >= 0.6 is 11.8 Å². The number of nitrogens with zero attached hydrogens (tertiary/aromatic N) is 2. The molecule has 3 rings (SSSR count). The van der Waals surface area contributed by atoms with E-state index in [0.29, 0.717) is 11.4 Å². The van der Waals surface area contributed by atoms with Crippen molar-refractivity contribution in [1.82, 2.24) is 10.3 Å². The molecule has 10 heteroatoms. The van der Waals surface area contributed by atoms with Crippen LogP contribution in [0.4, 0.5) is 16.3 Å². The zero-order valence-corrected chi connectivity index (χ0v) is 14.5. The Morgan fingerprint density at radius 2 is 2.11 bits per heavy atom. The third kappa shape index (κ3) is 4.55. The SMILES string of the molecule is O=C(Cc1ccc(/C=C2\SC(=O)NC2=O)cc1[N+](=O)[O-])Nc1ccccn1. The Hall–Kier alpha value is -3.53. The number of carbonyl (C=O) groups excluding carboxylic acids is 3. The van der Waals surface area contributed by atoms with E-state index < -0.39 is 22.0 Å². The highest BCUT2D eigenvalue weighted by atomic mass is 32.2. The number of hydrogen-bond acceptors (Lipinski definition) is 7. The van der Waals surface area contributed by atoms with Crippen LogP contribution in [0.25, 0.3) is 6.08 Å². The average molecular weight is 384 g/mol. The highest BCUT2D eigenvalue weighted by Gasteiger charge is 2.25. The number of benzene rings is 1. The summed E-state index contributed by atoms with van der Waals surface area (Å²) in [4.78, 5) is 49.8. The van der Waals surface area contributed by atoms with Gasteiger partial charge in [-0.3, -0.25) is 29.8 Å². The molecular formula is C17H12N4O5S. The van der Waals surface area contributed by atoms with Crippen molar-refractivity contribution in [2.24, 2.45) is 0 Å². The number of anilines is 1. The lowest BCUT2D eigenvalue weighted by molar-refractivity contribution is -0.385. The van der Waals surface area contributed by atoms with Gasteiger partial charge in [0.1, 0.15) is 5.82 Å². The fourth-order valence-electron chi connectivity index (χ4n) is 2.36. The molecule has 1 aliphatic rings. The summed E-state index contributed by atoms with van der Waals surface area (Å²) in [6.07, 6.45) is 2.69. The van der Waals surface area contributed by atoms with Gasteiger partial charge in [-0.25, -0.2) is 4.98 Å². The fraction of sp³-hybridized carbons (Fsp3) is 0.0588. The van der Waals surface area contributed by atoms with E-state index in [1.165, 1.54) is 24.4 Å². The molecule has 2 heterocycles. The van der Waals surface area contributed by atoms with Gasteiger partial charge in [-0.2, -0.15) is 0 Å². The molecule has 0 saturated carbocycles. The van der Waals surface area contributed by atoms with E-state index in [1.807, 2.05) is 0 Å². The normalized spacial score (nSPS) is 14.9. The lowest BCUT2D eigenvalue weighted by Crippen LogP contribution is -2.17. The number of aromatic nitrogens is 1. The third-order valence-electron chi connectivity index (χ3n) is 3.53. The molecule has 0 atom stereocenters. The molecule has 0 radical (unpaired) electrons. The second-order valence-electron chi connectivity index (χ2n) is 5.44. The highest BCUT2D eigenvalue weighted by molar-refractivity contribution is 8.18. The van der Waals surface area contributed by atoms with Gasteiger partial charge >= 0.3 is 0 Å². The van der Waals surface area contributed by atoms with E-state index >= 15 is 0 Å². The molecule has 136 valence electrons. The monoisotopic (exact) mass is 384 g/mol. The minimum Gasteiger partial charge on any atom is -0.310 e. The Kier molecular flexibility index (Phi) is 5.27. The molecular weight excluding hydrogens is 372 g/mol. The van der Waals surface area contributed by atoms with E-state index in [-0.39, 0.29) is 22.6 Å². The second-order valence-corrected chi connectivity index (χ2v) is 6.45. The van der Waals surface area contributed by atoms with Crippen molar-refractivity contribution in [2.45, 2.75) is 6.42 Å². The van der Waals surface area contributed by atoms with Crippen LogP contribution in [0.5, 0.6) is 0 Å². The molecule has 2 aromatic rings. The molecule has 1 saturated heterocycles. The zero-order valence-electron chi connectivity index (χ0n) is 13.7. The Bertz CT molecular complexity index is 975. The first-order valence-electron chi connectivity index (χ1n) is 7.65. The van der Waals surface area contributed by atoms with Gasteiger partial charge in [0.15, 0.2) is 0 Å². The molecule has 0 unspecified atom stereocenters. The van der Waals surface area contributed by atoms with Crippen molar-refractivity contribution in [3.05, 3.63) is 68.7 Å². The Morgan fingerprint density at radius 3 is 2.74 bits per heavy atom. The van der Waals surface area contributed by atoms with E-state index in [1.54, 1.807) is 24.3 Å². The van der Waals surface area contributed by atoms with Gasteiger partial charge < -0.3 is 5.32 Å². The standard InChI is InChI=1S/C17H12N4O5S/c22-15(19-14-3-1-2-6-18-14)9-11-5-4-10(7-12(11)21(25)26)8-13-16(23)20-17(24)27-13/h1-8H,9H2,(H,18,19,22)(H,20,23,24)/b13-8-. The number of rotatable bonds is 5. The first-order chi connectivity index (χ1) is 12.9. The lowest BCUT2D eigenvalue weighted by Gasteiger charge is -2.06. The summed E-state index contributed by atoms with van der Waals surface area (Å²) in [5.41, 5.74) is 0.341. The van der Waals surface area contributed by atoms with Crippen molar-refractivity contribution in [3.63, 3.8) is 0 Å². The predicted molar refractivity (Wildman–Crippen MR) is 98.8 cm³/mol. The van der Waals surface area contributed by atoms with Crippen LogP contribution in [0.15, 0.2) is 47.5 Å². The summed E-state index contributed by atoms with van der Waals surface area (Å²) in [7, 11) is 0. The summed E-state index contributed by atoms with van der Waals surface area (Å²) >= 11 is 0.719. The fourth-order valence-corrected chi connectivity index (χ4v) is 3.04. The van der Waals surface area contributed by atoms with Crippen LogP contribution in [0.3, 0.4) is 0 Å². The van der Waals surface area contributed by atoms with Gasteiger partial charge in [0.2, 0.25) is 5.91 Å². The van der Waals surface area contributed by atoms with E-state index in [2.05, 4.69) is 15.6 Å². The summed E-state index contributed by atoms with van der Waals surface area (Å²) in [5, 5.41) is 15.5. The Morgan fingerprint density at radius 1 is 1.30 bits per heavy atom. The van der Waals surface area contributed by atoms with Gasteiger partial charge in [0.25, 0.3) is 16.8 Å². The van der Waals surface area contributed by atoms with Gasteiger partial charge in [0.05, 0.1) is 16.2 Å². The number of thioether (sulfide) groups is 1. The van der Waals surface area contributed by atoms with Crippen LogP contribution in [-0.4, -0.2) is 27.0 Å². The molecule has 0 aliphatic carbocycles. The molecule has 1 aliphatic heterocycles. The van der Waals surface area contributed by atoms with Crippen molar-refractivity contribution < 1.29 is 19.3 Å². The van der Waals surface area contributed by atoms with Crippen LogP contribution < -0.4 is 10.6 Å². The number of nitrogens with one attached hydrogen (secondary N) is 2. The molecule has 0 spiro atoms. The molecule has 9 nitrogen and oxygen atoms in total. The largest absolute Gasteiger partial charge is 0.310 e. The minimum absolute atomic E-state index is 0.148. The molecule has 2 N–H and O–H groups in total. The van der Waals surface area contributed by atoms with Gasteiger partial charge in [-0.05, 0) is 35.5 Å². The quantitative estimate of drug-likeness (QED) is 0.460. The third-order valence-corrected chi connectivity index (χ3v) is 4.34. The van der Waals surface area contributed by atoms with Crippen molar-refractivity contribution in [3.8, 4) is 0 Å². The van der Waals surface area contributed by atoms with Crippen molar-refractivity contribution in [1.29, 1.82) is 0 Å². The average Bonchev–Trinajstić information content (AvgIpc) is 2.94. The smallest absolute Gasteiger partial charge is 0.290 e. The number of pyridine rings is 1. The molecule has 1 fully saturated rings. The molecule has 1 aromatic heterocycles. The van der Waals surface area contributed by atoms with Crippen molar-refractivity contribution in [2.75, 3.05) is 5.32 Å². The maximum Gasteiger partial charge on any atom is 0.290 e. The molecule has 1 aromatic carbocycles. The van der Waals surface area contributed by atoms with Crippen molar-refractivity contribution >= 4 is 46.4 Å². The van der Waals surface area contributed by atoms with E-state index in [9.17, 15) is 24.5 Å². The first kappa shape index (κ1) is 18.3. The number of amides is 3. The minimum atomic E-state index is -0.599. The topological polar surface area (TPSA) is 131 Å². The number of imide groups is 1. The van der Waals surface area contributed by atoms with Crippen LogP contribution in [0.1, 0.15) is 11.1 Å². The number of nitro benzene ring substituents is 1. The number of carbonyl (C=O) groups is 3. The first-order valence-corrected chi connectivity index (χ1v) is 8.47. The van der Waals surface area contributed by atoms with Crippen LogP contribution in [-0.2, 0) is 16.0 Å². The van der Waals surface area contributed by atoms with E-state index in [4.69, 9.17) is 0 Å². The summed E-state index contributed by atoms with van der Waals surface area (Å²) in [5.74, 6) is -0.647. The number of hydrogen-bond donors (Lipinski definition) is 2. The van der Waals surface area contributed by atoms with Crippen LogP contribution in [0, 0.1) is 10.1 Å². The molecule has 3 amide bonds. The van der Waals surface area contributed by atoms with E-state index in [0.717, 1.165) is 11.8 Å². The lowest BCUT2D eigenvalue weighted by atomic mass is 10.1. The Labute approximate surface area is 157 Å². The predicted octanol–water partition coefficient (Wildman–Crippen LogP) is 2.49. The molecule has 27 heavy (non-hydrogen) atoms. The summed E-state index contributed by atoms with van der Waals surface area (Å²) in [6, 6.07) is 9.25.